The highest BCUT2D eigenvalue weighted by Crippen LogP contribution is 2.05. The first-order chi connectivity index (χ1) is 8.22. The van der Waals surface area contributed by atoms with Crippen LogP contribution in [0.25, 0.3) is 0 Å². The molecule has 0 N–H and O–H groups in total. The van der Waals surface area contributed by atoms with Gasteiger partial charge in [-0.25, -0.2) is 4.98 Å². The Hall–Kier alpha value is -1.90. The van der Waals surface area contributed by atoms with Crippen LogP contribution in [0.5, 0.6) is 5.88 Å². The molecule has 0 fully saturated rings. The van der Waals surface area contributed by atoms with E-state index in [-0.39, 0.29) is 0 Å². The number of ether oxygens (including phenoxy) is 1. The van der Waals surface area contributed by atoms with Gasteiger partial charge in [0.05, 0.1) is 6.61 Å². The van der Waals surface area contributed by atoms with Gasteiger partial charge >= 0.3 is 0 Å². The molecule has 2 rings (SSSR count). The van der Waals surface area contributed by atoms with E-state index in [4.69, 9.17) is 4.74 Å². The number of nitrogens with zero attached hydrogens (tertiary/aromatic N) is 2. The van der Waals surface area contributed by atoms with Crippen LogP contribution in [0.15, 0.2) is 42.9 Å². The number of pyridine rings is 2. The molecule has 0 aliphatic heterocycles. The average molecular weight is 230 g/mol. The number of aromatic nitrogens is 2. The zero-order chi connectivity index (χ0) is 12.5. The van der Waals surface area contributed by atoms with Gasteiger partial charge in [0.25, 0.3) is 0 Å². The van der Waals surface area contributed by atoms with Gasteiger partial charge < -0.3 is 4.74 Å². The number of hydrogen-bond donors (Lipinski definition) is 0. The normalized spacial score (nSPS) is 9.12. The summed E-state index contributed by atoms with van der Waals surface area (Å²) in [5.41, 5.74) is 2.42. The third kappa shape index (κ3) is 5.66. The van der Waals surface area contributed by atoms with Crippen LogP contribution in [0, 0.1) is 13.8 Å². The lowest BCUT2D eigenvalue weighted by Crippen LogP contribution is -1.93. The molecule has 0 aromatic carbocycles. The number of rotatable bonds is 2. The molecule has 0 saturated carbocycles. The molecule has 0 bridgehead atoms. The average Bonchev–Trinajstić information content (AvgIpc) is 2.34. The molecule has 2 aromatic rings. The molecule has 0 amide bonds. The summed E-state index contributed by atoms with van der Waals surface area (Å²) in [6.07, 6.45) is 5.37. The first-order valence-corrected chi connectivity index (χ1v) is 5.64. The Bertz CT molecular complexity index is 412. The van der Waals surface area contributed by atoms with Gasteiger partial charge in [-0.15, -0.1) is 0 Å². The first kappa shape index (κ1) is 13.2. The highest BCUT2D eigenvalue weighted by atomic mass is 16.5. The molecular weight excluding hydrogens is 212 g/mol. The summed E-state index contributed by atoms with van der Waals surface area (Å²) >= 11 is 0. The van der Waals surface area contributed by atoms with E-state index in [0.717, 1.165) is 5.56 Å². The van der Waals surface area contributed by atoms with Gasteiger partial charge in [0.15, 0.2) is 0 Å². The molecule has 2 heterocycles. The van der Waals surface area contributed by atoms with Gasteiger partial charge in [0.2, 0.25) is 5.88 Å². The van der Waals surface area contributed by atoms with E-state index >= 15 is 0 Å². The predicted molar refractivity (Wildman–Crippen MR) is 69.1 cm³/mol. The van der Waals surface area contributed by atoms with Crippen LogP contribution in [0.1, 0.15) is 18.1 Å². The lowest BCUT2D eigenvalue weighted by molar-refractivity contribution is 0.327. The maximum absolute atomic E-state index is 5.15. The molecule has 2 aromatic heterocycles. The fourth-order valence-electron chi connectivity index (χ4n) is 1.11. The van der Waals surface area contributed by atoms with Crippen LogP contribution in [0.3, 0.4) is 0 Å². The van der Waals surface area contributed by atoms with Crippen LogP contribution in [0.2, 0.25) is 0 Å². The van der Waals surface area contributed by atoms with Crippen LogP contribution in [0.4, 0.5) is 0 Å². The zero-order valence-corrected chi connectivity index (χ0v) is 10.6. The SMILES string of the molecule is CCOc1ccc(C)cn1.Cc1ccncc1. The fourth-order valence-corrected chi connectivity index (χ4v) is 1.11. The standard InChI is InChI=1S/C8H11NO.C6H7N/c1-3-10-8-5-4-7(2)6-9-8;1-6-2-4-7-5-3-6/h4-6H,3H2,1-2H3;2-5H,1H3. The first-order valence-electron chi connectivity index (χ1n) is 5.64. The second-order valence-electron chi connectivity index (χ2n) is 3.63. The number of aryl methyl sites for hydroxylation is 2. The summed E-state index contributed by atoms with van der Waals surface area (Å²) in [7, 11) is 0. The third-order valence-electron chi connectivity index (χ3n) is 2.02. The molecule has 0 spiro atoms. The van der Waals surface area contributed by atoms with Crippen LogP contribution < -0.4 is 4.74 Å². The molecule has 90 valence electrons. The Kier molecular flexibility index (Phi) is 5.72. The molecule has 3 nitrogen and oxygen atoms in total. The van der Waals surface area contributed by atoms with E-state index in [1.807, 2.05) is 45.0 Å². The lowest BCUT2D eigenvalue weighted by Gasteiger charge is -1.99. The quantitative estimate of drug-likeness (QED) is 0.794. The van der Waals surface area contributed by atoms with Crippen molar-refractivity contribution in [3.63, 3.8) is 0 Å². The van der Waals surface area contributed by atoms with Crippen LogP contribution in [-0.4, -0.2) is 16.6 Å². The second kappa shape index (κ2) is 7.39. The van der Waals surface area contributed by atoms with Crippen molar-refractivity contribution in [3.8, 4) is 5.88 Å². The Labute approximate surface area is 103 Å². The largest absolute Gasteiger partial charge is 0.478 e. The Balaban J connectivity index is 0.000000181. The molecule has 0 aliphatic carbocycles. The molecule has 0 unspecified atom stereocenters. The topological polar surface area (TPSA) is 35.0 Å². The Morgan fingerprint density at radius 3 is 2.12 bits per heavy atom. The van der Waals surface area contributed by atoms with Crippen molar-refractivity contribution in [3.05, 3.63) is 54.0 Å². The van der Waals surface area contributed by atoms with E-state index < -0.39 is 0 Å². The minimum absolute atomic E-state index is 0.677. The van der Waals surface area contributed by atoms with Crippen LogP contribution >= 0.6 is 0 Å². The van der Waals surface area contributed by atoms with E-state index in [1.165, 1.54) is 5.56 Å². The van der Waals surface area contributed by atoms with Crippen molar-refractivity contribution in [1.29, 1.82) is 0 Å². The van der Waals surface area contributed by atoms with E-state index in [2.05, 4.69) is 9.97 Å². The summed E-state index contributed by atoms with van der Waals surface area (Å²) in [6.45, 7) is 6.67. The molecule has 0 saturated heterocycles. The molecule has 0 aliphatic rings. The molecule has 0 radical (unpaired) electrons. The summed E-state index contributed by atoms with van der Waals surface area (Å²) in [6, 6.07) is 7.80. The van der Waals surface area contributed by atoms with E-state index in [1.54, 1.807) is 18.6 Å². The van der Waals surface area contributed by atoms with Gasteiger partial charge in [-0.05, 0) is 44.0 Å². The highest BCUT2D eigenvalue weighted by molar-refractivity contribution is 5.16. The van der Waals surface area contributed by atoms with Gasteiger partial charge in [0.1, 0.15) is 0 Å². The van der Waals surface area contributed by atoms with Gasteiger partial charge in [-0.1, -0.05) is 6.07 Å². The van der Waals surface area contributed by atoms with Crippen molar-refractivity contribution in [2.75, 3.05) is 6.61 Å². The summed E-state index contributed by atoms with van der Waals surface area (Å²) in [5, 5.41) is 0. The van der Waals surface area contributed by atoms with E-state index in [0.29, 0.717) is 12.5 Å². The second-order valence-corrected chi connectivity index (χ2v) is 3.63. The summed E-state index contributed by atoms with van der Waals surface area (Å²) < 4.78 is 5.15. The lowest BCUT2D eigenvalue weighted by atomic mass is 10.3. The van der Waals surface area contributed by atoms with Crippen molar-refractivity contribution >= 4 is 0 Å². The summed E-state index contributed by atoms with van der Waals surface area (Å²) in [5.74, 6) is 0.702. The molecule has 3 heteroatoms. The van der Waals surface area contributed by atoms with Crippen molar-refractivity contribution in [2.24, 2.45) is 0 Å². The summed E-state index contributed by atoms with van der Waals surface area (Å²) in [4.78, 5) is 7.89. The molecule has 0 atom stereocenters. The minimum atomic E-state index is 0.677. The van der Waals surface area contributed by atoms with Crippen molar-refractivity contribution in [2.45, 2.75) is 20.8 Å². The monoisotopic (exact) mass is 230 g/mol. The van der Waals surface area contributed by atoms with Crippen molar-refractivity contribution in [1.82, 2.24) is 9.97 Å². The van der Waals surface area contributed by atoms with E-state index in [9.17, 15) is 0 Å². The maximum atomic E-state index is 5.15. The van der Waals surface area contributed by atoms with Gasteiger partial charge in [0, 0.05) is 24.7 Å². The smallest absolute Gasteiger partial charge is 0.213 e. The zero-order valence-electron chi connectivity index (χ0n) is 10.6. The predicted octanol–water partition coefficient (Wildman–Crippen LogP) is 3.18. The third-order valence-corrected chi connectivity index (χ3v) is 2.02. The Morgan fingerprint density at radius 2 is 1.71 bits per heavy atom. The highest BCUT2D eigenvalue weighted by Gasteiger charge is 1.89. The number of hydrogen-bond acceptors (Lipinski definition) is 3. The fraction of sp³-hybridized carbons (Fsp3) is 0.286. The van der Waals surface area contributed by atoms with Crippen molar-refractivity contribution < 1.29 is 4.74 Å². The van der Waals surface area contributed by atoms with Crippen LogP contribution in [-0.2, 0) is 0 Å². The molecule has 17 heavy (non-hydrogen) atoms. The Morgan fingerprint density at radius 1 is 1.00 bits per heavy atom. The minimum Gasteiger partial charge on any atom is -0.478 e. The molecular formula is C14H18N2O. The maximum Gasteiger partial charge on any atom is 0.213 e. The van der Waals surface area contributed by atoms with Gasteiger partial charge in [-0.2, -0.15) is 0 Å². The van der Waals surface area contributed by atoms with Gasteiger partial charge in [-0.3, -0.25) is 4.98 Å².